The first-order valence-electron chi connectivity index (χ1n) is 7.12. The van der Waals surface area contributed by atoms with E-state index in [0.29, 0.717) is 11.6 Å². The van der Waals surface area contributed by atoms with Gasteiger partial charge in [-0.2, -0.15) is 5.26 Å². The van der Waals surface area contributed by atoms with Gasteiger partial charge in [0.1, 0.15) is 5.82 Å². The fourth-order valence-corrected chi connectivity index (χ4v) is 2.98. The lowest BCUT2D eigenvalue weighted by Gasteiger charge is -2.47. The van der Waals surface area contributed by atoms with Gasteiger partial charge in [-0.15, -0.1) is 0 Å². The Bertz CT molecular complexity index is 513. The molecule has 0 aliphatic carbocycles. The zero-order chi connectivity index (χ0) is 13.9. The Morgan fingerprint density at radius 1 is 1.30 bits per heavy atom. The van der Waals surface area contributed by atoms with Crippen molar-refractivity contribution in [3.05, 3.63) is 35.1 Å². The van der Waals surface area contributed by atoms with Crippen LogP contribution in [0, 0.1) is 17.1 Å². The van der Waals surface area contributed by atoms with Gasteiger partial charge in [0.05, 0.1) is 11.6 Å². The third-order valence-corrected chi connectivity index (χ3v) is 4.19. The summed E-state index contributed by atoms with van der Waals surface area (Å²) < 4.78 is 13.1. The smallest absolute Gasteiger partial charge is 0.124 e. The van der Waals surface area contributed by atoms with Crippen molar-refractivity contribution >= 4 is 0 Å². The second kappa shape index (κ2) is 5.88. The van der Waals surface area contributed by atoms with E-state index in [0.717, 1.165) is 51.4 Å². The molecule has 5 heteroatoms. The lowest BCUT2D eigenvalue weighted by molar-refractivity contribution is 0.0222. The van der Waals surface area contributed by atoms with E-state index < -0.39 is 0 Å². The van der Waals surface area contributed by atoms with E-state index in [1.165, 1.54) is 12.1 Å². The summed E-state index contributed by atoms with van der Waals surface area (Å²) in [5.74, 6) is -0.340. The maximum atomic E-state index is 13.1. The molecule has 0 aromatic heterocycles. The minimum atomic E-state index is -0.340. The normalized spacial score (nSPS) is 21.4. The average molecular weight is 274 g/mol. The summed E-state index contributed by atoms with van der Waals surface area (Å²) in [4.78, 5) is 4.85. The quantitative estimate of drug-likeness (QED) is 0.885. The SMILES string of the molecule is N#Cc1cc(F)ccc1CN1CC(N2CCNCC2)C1. The predicted molar refractivity (Wildman–Crippen MR) is 74.6 cm³/mol. The molecule has 20 heavy (non-hydrogen) atoms. The maximum absolute atomic E-state index is 13.1. The first-order chi connectivity index (χ1) is 9.76. The lowest BCUT2D eigenvalue weighted by atomic mass is 10.0. The van der Waals surface area contributed by atoms with E-state index in [1.54, 1.807) is 6.07 Å². The zero-order valence-electron chi connectivity index (χ0n) is 11.5. The Morgan fingerprint density at radius 2 is 2.05 bits per heavy atom. The minimum absolute atomic E-state index is 0.340. The van der Waals surface area contributed by atoms with Crippen LogP contribution in [-0.2, 0) is 6.54 Å². The van der Waals surface area contributed by atoms with Gasteiger partial charge in [0.25, 0.3) is 0 Å². The number of rotatable bonds is 3. The molecule has 0 atom stereocenters. The number of halogens is 1. The Kier molecular flexibility index (Phi) is 3.97. The van der Waals surface area contributed by atoms with Crippen LogP contribution in [0.3, 0.4) is 0 Å². The second-order valence-electron chi connectivity index (χ2n) is 5.55. The molecular formula is C15H19FN4. The van der Waals surface area contributed by atoms with Crippen LogP contribution in [-0.4, -0.2) is 55.1 Å². The highest BCUT2D eigenvalue weighted by Crippen LogP contribution is 2.20. The van der Waals surface area contributed by atoms with Crippen LogP contribution in [0.1, 0.15) is 11.1 Å². The molecule has 2 fully saturated rings. The van der Waals surface area contributed by atoms with Crippen molar-refractivity contribution in [1.82, 2.24) is 15.1 Å². The summed E-state index contributed by atoms with van der Waals surface area (Å²) in [6, 6.07) is 7.21. The average Bonchev–Trinajstić information content (AvgIpc) is 2.44. The molecule has 2 saturated heterocycles. The molecule has 1 aromatic rings. The second-order valence-corrected chi connectivity index (χ2v) is 5.55. The molecule has 0 radical (unpaired) electrons. The molecule has 4 nitrogen and oxygen atoms in total. The van der Waals surface area contributed by atoms with Crippen LogP contribution in [0.15, 0.2) is 18.2 Å². The van der Waals surface area contributed by atoms with Gasteiger partial charge in [0.2, 0.25) is 0 Å². The number of nitriles is 1. The van der Waals surface area contributed by atoms with Crippen molar-refractivity contribution in [2.24, 2.45) is 0 Å². The van der Waals surface area contributed by atoms with Crippen molar-refractivity contribution in [3.8, 4) is 6.07 Å². The monoisotopic (exact) mass is 274 g/mol. The molecule has 3 rings (SSSR count). The molecule has 0 unspecified atom stereocenters. The number of piperazine rings is 1. The molecule has 1 aromatic carbocycles. The Balaban J connectivity index is 1.55. The van der Waals surface area contributed by atoms with Crippen LogP contribution >= 0.6 is 0 Å². The molecule has 2 heterocycles. The summed E-state index contributed by atoms with van der Waals surface area (Å²) in [5, 5.41) is 12.4. The number of nitrogens with one attached hydrogen (secondary N) is 1. The molecule has 0 amide bonds. The van der Waals surface area contributed by atoms with Gasteiger partial charge in [-0.3, -0.25) is 9.80 Å². The molecule has 2 aliphatic rings. The molecule has 0 spiro atoms. The number of hydrogen-bond acceptors (Lipinski definition) is 4. The fraction of sp³-hybridized carbons (Fsp3) is 0.533. The van der Waals surface area contributed by atoms with Crippen molar-refractivity contribution in [1.29, 1.82) is 5.26 Å². The summed E-state index contributed by atoms with van der Waals surface area (Å²) in [6.07, 6.45) is 0. The van der Waals surface area contributed by atoms with Gasteiger partial charge in [-0.05, 0) is 17.7 Å². The van der Waals surface area contributed by atoms with E-state index in [4.69, 9.17) is 5.26 Å². The van der Waals surface area contributed by atoms with Crippen LogP contribution < -0.4 is 5.32 Å². The highest BCUT2D eigenvalue weighted by molar-refractivity contribution is 5.38. The fourth-order valence-electron chi connectivity index (χ4n) is 2.98. The lowest BCUT2D eigenvalue weighted by Crippen LogP contribution is -2.62. The van der Waals surface area contributed by atoms with Gasteiger partial charge < -0.3 is 5.32 Å². The summed E-state index contributed by atoms with van der Waals surface area (Å²) in [7, 11) is 0. The minimum Gasteiger partial charge on any atom is -0.314 e. The van der Waals surface area contributed by atoms with Gasteiger partial charge >= 0.3 is 0 Å². The predicted octanol–water partition coefficient (Wildman–Crippen LogP) is 0.787. The Hall–Kier alpha value is -1.48. The summed E-state index contributed by atoms with van der Waals surface area (Å²) in [6.45, 7) is 7.23. The van der Waals surface area contributed by atoms with Gasteiger partial charge in [0, 0.05) is 51.9 Å². The summed E-state index contributed by atoms with van der Waals surface area (Å²) in [5.41, 5.74) is 1.38. The molecule has 1 N–H and O–H groups in total. The zero-order valence-corrected chi connectivity index (χ0v) is 11.5. The Morgan fingerprint density at radius 3 is 2.75 bits per heavy atom. The number of hydrogen-bond donors (Lipinski definition) is 1. The Labute approximate surface area is 118 Å². The largest absolute Gasteiger partial charge is 0.314 e. The third kappa shape index (κ3) is 2.83. The maximum Gasteiger partial charge on any atom is 0.124 e. The van der Waals surface area contributed by atoms with Gasteiger partial charge in [-0.25, -0.2) is 4.39 Å². The van der Waals surface area contributed by atoms with Crippen LogP contribution in [0.2, 0.25) is 0 Å². The van der Waals surface area contributed by atoms with Crippen molar-refractivity contribution in [2.75, 3.05) is 39.3 Å². The molecular weight excluding hydrogens is 255 g/mol. The first-order valence-corrected chi connectivity index (χ1v) is 7.12. The molecule has 0 saturated carbocycles. The van der Waals surface area contributed by atoms with Crippen molar-refractivity contribution < 1.29 is 4.39 Å². The highest BCUT2D eigenvalue weighted by Gasteiger charge is 2.32. The third-order valence-electron chi connectivity index (χ3n) is 4.19. The van der Waals surface area contributed by atoms with Crippen molar-refractivity contribution in [2.45, 2.75) is 12.6 Å². The number of nitrogens with zero attached hydrogens (tertiary/aromatic N) is 3. The molecule has 0 bridgehead atoms. The standard InChI is InChI=1S/C15H19FN4/c16-14-2-1-12(13(7-14)8-17)9-19-10-15(11-19)20-5-3-18-4-6-20/h1-2,7,15,18H,3-6,9-11H2. The first kappa shape index (κ1) is 13.5. The van der Waals surface area contributed by atoms with E-state index in [2.05, 4.69) is 21.2 Å². The highest BCUT2D eigenvalue weighted by atomic mass is 19.1. The number of likely N-dealkylation sites (tertiary alicyclic amines) is 1. The van der Waals surface area contributed by atoms with Gasteiger partial charge in [0.15, 0.2) is 0 Å². The van der Waals surface area contributed by atoms with E-state index >= 15 is 0 Å². The topological polar surface area (TPSA) is 42.3 Å². The van der Waals surface area contributed by atoms with Crippen LogP contribution in [0.4, 0.5) is 4.39 Å². The van der Waals surface area contributed by atoms with Crippen molar-refractivity contribution in [3.63, 3.8) is 0 Å². The van der Waals surface area contributed by atoms with Crippen LogP contribution in [0.5, 0.6) is 0 Å². The van der Waals surface area contributed by atoms with Gasteiger partial charge in [-0.1, -0.05) is 6.07 Å². The van der Waals surface area contributed by atoms with E-state index in [9.17, 15) is 4.39 Å². The molecule has 2 aliphatic heterocycles. The van der Waals surface area contributed by atoms with Crippen LogP contribution in [0.25, 0.3) is 0 Å². The van der Waals surface area contributed by atoms with E-state index in [-0.39, 0.29) is 5.82 Å². The number of benzene rings is 1. The van der Waals surface area contributed by atoms with E-state index in [1.807, 2.05) is 0 Å². The summed E-state index contributed by atoms with van der Waals surface area (Å²) >= 11 is 0. The molecule has 106 valence electrons.